The summed E-state index contributed by atoms with van der Waals surface area (Å²) in [6, 6.07) is 5.32. The molecule has 1 N–H and O–H groups in total. The minimum atomic E-state index is -0.188. The predicted molar refractivity (Wildman–Crippen MR) is 122 cm³/mol. The highest BCUT2D eigenvalue weighted by Crippen LogP contribution is 2.33. The van der Waals surface area contributed by atoms with Gasteiger partial charge in [-0.3, -0.25) is 14.4 Å². The monoisotopic (exact) mass is 428 g/mol. The summed E-state index contributed by atoms with van der Waals surface area (Å²) in [5.74, 6) is 0.304. The molecule has 0 atom stereocenters. The first-order chi connectivity index (χ1) is 15.0. The topological polar surface area (TPSA) is 75.7 Å². The first-order valence-electron chi connectivity index (χ1n) is 11.9. The van der Waals surface area contributed by atoms with Crippen LogP contribution in [0.5, 0.6) is 5.75 Å². The minimum absolute atomic E-state index is 0.0133. The number of ketones is 1. The van der Waals surface area contributed by atoms with E-state index in [9.17, 15) is 14.4 Å². The van der Waals surface area contributed by atoms with Crippen molar-refractivity contribution < 1.29 is 19.1 Å². The van der Waals surface area contributed by atoms with Gasteiger partial charge in [-0.25, -0.2) is 0 Å². The highest BCUT2D eigenvalue weighted by Gasteiger charge is 2.27. The number of Topliss-reactive ketones (excluding diaryl/α,β-unsaturated/α-hetero) is 1. The van der Waals surface area contributed by atoms with Crippen LogP contribution in [0.4, 0.5) is 5.69 Å². The number of fused-ring (bicyclic) bond motifs is 1. The van der Waals surface area contributed by atoms with Gasteiger partial charge in [0.2, 0.25) is 5.91 Å². The molecular formula is C25H36N2O4. The van der Waals surface area contributed by atoms with Crippen molar-refractivity contribution in [2.75, 3.05) is 18.1 Å². The molecule has 1 aromatic rings. The Hall–Kier alpha value is -2.37. The molecule has 0 saturated heterocycles. The third-order valence-electron chi connectivity index (χ3n) is 6.34. The largest absolute Gasteiger partial charge is 0.482 e. The summed E-state index contributed by atoms with van der Waals surface area (Å²) in [6.07, 6.45) is 13.7. The molecular weight excluding hydrogens is 392 g/mol. The molecule has 1 aromatic carbocycles. The summed E-state index contributed by atoms with van der Waals surface area (Å²) < 4.78 is 5.49. The van der Waals surface area contributed by atoms with E-state index in [2.05, 4.69) is 5.32 Å². The third kappa shape index (κ3) is 7.08. The lowest BCUT2D eigenvalue weighted by atomic mass is 9.98. The maximum Gasteiger partial charge on any atom is 0.265 e. The number of amides is 2. The van der Waals surface area contributed by atoms with Crippen LogP contribution in [0.3, 0.4) is 0 Å². The molecule has 6 nitrogen and oxygen atoms in total. The number of rotatable bonds is 5. The Kier molecular flexibility index (Phi) is 8.92. The van der Waals surface area contributed by atoms with Crippen molar-refractivity contribution in [3.05, 3.63) is 23.8 Å². The van der Waals surface area contributed by atoms with E-state index < -0.39 is 0 Å². The van der Waals surface area contributed by atoms with Crippen molar-refractivity contribution in [1.29, 1.82) is 0 Å². The van der Waals surface area contributed by atoms with Crippen molar-refractivity contribution in [3.63, 3.8) is 0 Å². The number of carbonyl (C=O) groups excluding carboxylic acids is 3. The Morgan fingerprint density at radius 3 is 2.23 bits per heavy atom. The molecule has 0 radical (unpaired) electrons. The molecule has 170 valence electrons. The van der Waals surface area contributed by atoms with Gasteiger partial charge in [0, 0.05) is 24.6 Å². The molecule has 1 aliphatic carbocycles. The summed E-state index contributed by atoms with van der Waals surface area (Å²) in [5, 5.41) is 3.22. The molecule has 0 spiro atoms. The van der Waals surface area contributed by atoms with Crippen LogP contribution in [-0.4, -0.2) is 36.8 Å². The maximum atomic E-state index is 12.7. The number of carbonyl (C=O) groups is 3. The van der Waals surface area contributed by atoms with Gasteiger partial charge in [-0.2, -0.15) is 0 Å². The molecule has 0 unspecified atom stereocenters. The van der Waals surface area contributed by atoms with Crippen LogP contribution in [0.2, 0.25) is 0 Å². The number of hydrogen-bond donors (Lipinski definition) is 1. The summed E-state index contributed by atoms with van der Waals surface area (Å²) in [6.45, 7) is 1.74. The third-order valence-corrected chi connectivity index (χ3v) is 6.34. The van der Waals surface area contributed by atoms with Gasteiger partial charge in [-0.15, -0.1) is 0 Å². The van der Waals surface area contributed by atoms with Gasteiger partial charge in [0.15, 0.2) is 12.4 Å². The minimum Gasteiger partial charge on any atom is -0.482 e. The number of anilines is 1. The van der Waals surface area contributed by atoms with Crippen molar-refractivity contribution in [1.82, 2.24) is 5.32 Å². The van der Waals surface area contributed by atoms with Gasteiger partial charge < -0.3 is 15.0 Å². The fourth-order valence-corrected chi connectivity index (χ4v) is 4.49. The molecule has 3 rings (SSSR count). The van der Waals surface area contributed by atoms with Gasteiger partial charge in [0.1, 0.15) is 5.75 Å². The number of benzene rings is 1. The maximum absolute atomic E-state index is 12.7. The van der Waals surface area contributed by atoms with Crippen LogP contribution >= 0.6 is 0 Å². The van der Waals surface area contributed by atoms with Crippen molar-refractivity contribution in [2.45, 2.75) is 90.0 Å². The highest BCUT2D eigenvalue weighted by atomic mass is 16.5. The molecule has 0 aromatic heterocycles. The average molecular weight is 429 g/mol. The second-order valence-electron chi connectivity index (χ2n) is 8.85. The lowest BCUT2D eigenvalue weighted by Crippen LogP contribution is -2.42. The van der Waals surface area contributed by atoms with E-state index in [0.29, 0.717) is 17.0 Å². The molecule has 1 heterocycles. The lowest BCUT2D eigenvalue weighted by Gasteiger charge is -2.30. The summed E-state index contributed by atoms with van der Waals surface area (Å²) in [7, 11) is 0. The van der Waals surface area contributed by atoms with Crippen LogP contribution in [-0.2, 0) is 9.59 Å². The molecule has 6 heteroatoms. The van der Waals surface area contributed by atoms with Crippen LogP contribution in [0.25, 0.3) is 0 Å². The van der Waals surface area contributed by atoms with E-state index in [0.717, 1.165) is 25.7 Å². The fraction of sp³-hybridized carbons (Fsp3) is 0.640. The Labute approximate surface area is 185 Å². The second kappa shape index (κ2) is 11.9. The van der Waals surface area contributed by atoms with Gasteiger partial charge in [-0.1, -0.05) is 57.8 Å². The van der Waals surface area contributed by atoms with Crippen LogP contribution in [0.15, 0.2) is 18.2 Å². The van der Waals surface area contributed by atoms with Crippen LogP contribution < -0.4 is 15.0 Å². The fourth-order valence-electron chi connectivity index (χ4n) is 4.49. The molecule has 1 fully saturated rings. The zero-order valence-electron chi connectivity index (χ0n) is 18.8. The number of nitrogens with zero attached hydrogens (tertiary/aromatic N) is 1. The average Bonchev–Trinajstić information content (AvgIpc) is 2.74. The molecule has 0 bridgehead atoms. The van der Waals surface area contributed by atoms with Crippen molar-refractivity contribution >= 4 is 23.3 Å². The molecule has 2 amide bonds. The van der Waals surface area contributed by atoms with E-state index in [1.165, 1.54) is 51.9 Å². The molecule has 31 heavy (non-hydrogen) atoms. The Balaban J connectivity index is 1.56. The van der Waals surface area contributed by atoms with Gasteiger partial charge in [0.05, 0.1) is 5.69 Å². The zero-order chi connectivity index (χ0) is 22.1. The molecule has 1 saturated carbocycles. The normalized spacial score (nSPS) is 18.9. The Morgan fingerprint density at radius 1 is 1.00 bits per heavy atom. The van der Waals surface area contributed by atoms with E-state index in [1.54, 1.807) is 23.1 Å². The van der Waals surface area contributed by atoms with Gasteiger partial charge >= 0.3 is 0 Å². The summed E-state index contributed by atoms with van der Waals surface area (Å²) >= 11 is 0. The van der Waals surface area contributed by atoms with Crippen molar-refractivity contribution in [3.8, 4) is 5.75 Å². The van der Waals surface area contributed by atoms with Gasteiger partial charge in [-0.05, 0) is 38.0 Å². The highest BCUT2D eigenvalue weighted by molar-refractivity contribution is 6.01. The summed E-state index contributed by atoms with van der Waals surface area (Å²) in [4.78, 5) is 38.4. The van der Waals surface area contributed by atoms with Crippen LogP contribution in [0, 0.1) is 0 Å². The SMILES string of the molecule is CC(=O)c1ccc2c(c1)N(CCC(=O)NC1CCCCCCCCCCC1)C(=O)CO2. The number of hydrogen-bond acceptors (Lipinski definition) is 4. The lowest BCUT2D eigenvalue weighted by molar-refractivity contribution is -0.122. The second-order valence-corrected chi connectivity index (χ2v) is 8.85. The van der Waals surface area contributed by atoms with Gasteiger partial charge in [0.25, 0.3) is 5.91 Å². The first-order valence-corrected chi connectivity index (χ1v) is 11.9. The molecule has 2 aliphatic rings. The van der Waals surface area contributed by atoms with E-state index >= 15 is 0 Å². The van der Waals surface area contributed by atoms with Crippen molar-refractivity contribution in [2.24, 2.45) is 0 Å². The number of nitrogens with one attached hydrogen (secondary N) is 1. The zero-order valence-corrected chi connectivity index (χ0v) is 18.8. The van der Waals surface area contributed by atoms with E-state index in [4.69, 9.17) is 4.74 Å². The molecule has 1 aliphatic heterocycles. The predicted octanol–water partition coefficient (Wildman–Crippen LogP) is 4.79. The van der Waals surface area contributed by atoms with E-state index in [1.807, 2.05) is 0 Å². The quantitative estimate of drug-likeness (QED) is 0.684. The van der Waals surface area contributed by atoms with Crippen LogP contribution in [0.1, 0.15) is 94.3 Å². The first kappa shape index (κ1) is 23.3. The van der Waals surface area contributed by atoms with E-state index in [-0.39, 0.29) is 43.2 Å². The smallest absolute Gasteiger partial charge is 0.265 e. The number of ether oxygens (including phenoxy) is 1. The summed E-state index contributed by atoms with van der Waals surface area (Å²) in [5.41, 5.74) is 1.10. The standard InChI is InChI=1S/C25H36N2O4/c1-19(28)20-13-14-23-22(17-20)27(25(30)18-31-23)16-15-24(29)26-21-11-9-7-5-3-2-4-6-8-10-12-21/h13-14,17,21H,2-12,15-16,18H2,1H3,(H,26,29). The Morgan fingerprint density at radius 2 is 1.61 bits per heavy atom. The Bertz CT molecular complexity index is 765.